The maximum Gasteiger partial charge on any atom is 0.321 e. The molecule has 1 aliphatic heterocycles. The SMILES string of the molecule is CCC(CCCCN1CCCCC1)(C(=O)O)C(=O)O. The lowest BCUT2D eigenvalue weighted by Crippen LogP contribution is -2.39. The summed E-state index contributed by atoms with van der Waals surface area (Å²) in [5.41, 5.74) is -1.60. The van der Waals surface area contributed by atoms with Gasteiger partial charge in [0, 0.05) is 0 Å². The molecule has 1 aliphatic rings. The Morgan fingerprint density at radius 2 is 1.63 bits per heavy atom. The Labute approximate surface area is 114 Å². The number of carboxylic acid groups (broad SMARTS) is 2. The first-order valence-electron chi connectivity index (χ1n) is 7.22. The zero-order chi connectivity index (χ0) is 14.3. The van der Waals surface area contributed by atoms with Crippen LogP contribution in [0, 0.1) is 5.41 Å². The molecule has 1 saturated heterocycles. The first-order valence-corrected chi connectivity index (χ1v) is 7.22. The smallest absolute Gasteiger partial charge is 0.321 e. The average Bonchev–Trinajstić information content (AvgIpc) is 2.39. The number of aliphatic carboxylic acids is 2. The van der Waals surface area contributed by atoms with Crippen LogP contribution in [-0.2, 0) is 9.59 Å². The van der Waals surface area contributed by atoms with Crippen LogP contribution in [0.4, 0.5) is 0 Å². The number of hydrogen-bond acceptors (Lipinski definition) is 3. The number of carbonyl (C=O) groups is 2. The van der Waals surface area contributed by atoms with Crippen molar-refractivity contribution in [3.8, 4) is 0 Å². The minimum absolute atomic E-state index is 0.140. The summed E-state index contributed by atoms with van der Waals surface area (Å²) in [5, 5.41) is 18.3. The van der Waals surface area contributed by atoms with Gasteiger partial charge in [0.2, 0.25) is 0 Å². The standard InChI is InChI=1S/C14H25NO4/c1-2-14(12(16)17,13(18)19)8-4-7-11-15-9-5-3-6-10-15/h2-11H2,1H3,(H,16,17)(H,18,19). The van der Waals surface area contributed by atoms with Crippen molar-refractivity contribution >= 4 is 11.9 Å². The summed E-state index contributed by atoms with van der Waals surface area (Å²) >= 11 is 0. The average molecular weight is 271 g/mol. The maximum absolute atomic E-state index is 11.2. The maximum atomic E-state index is 11.2. The lowest BCUT2D eigenvalue weighted by Gasteiger charge is -2.27. The van der Waals surface area contributed by atoms with Gasteiger partial charge >= 0.3 is 11.9 Å². The van der Waals surface area contributed by atoms with E-state index in [1.54, 1.807) is 6.92 Å². The van der Waals surface area contributed by atoms with Crippen molar-refractivity contribution in [2.75, 3.05) is 19.6 Å². The Morgan fingerprint density at radius 3 is 2.11 bits per heavy atom. The van der Waals surface area contributed by atoms with Gasteiger partial charge in [-0.3, -0.25) is 9.59 Å². The van der Waals surface area contributed by atoms with Crippen molar-refractivity contribution < 1.29 is 19.8 Å². The fourth-order valence-corrected chi connectivity index (χ4v) is 2.73. The van der Waals surface area contributed by atoms with Gasteiger partial charge in [0.15, 0.2) is 5.41 Å². The van der Waals surface area contributed by atoms with Gasteiger partial charge in [0.05, 0.1) is 0 Å². The molecule has 0 aromatic carbocycles. The summed E-state index contributed by atoms with van der Waals surface area (Å²) in [4.78, 5) is 24.8. The predicted octanol–water partition coefficient (Wildman–Crippen LogP) is 2.21. The van der Waals surface area contributed by atoms with Crippen molar-refractivity contribution in [2.45, 2.75) is 51.9 Å². The fourth-order valence-electron chi connectivity index (χ4n) is 2.73. The van der Waals surface area contributed by atoms with Crippen molar-refractivity contribution in [2.24, 2.45) is 5.41 Å². The molecule has 0 radical (unpaired) electrons. The number of piperidine rings is 1. The van der Waals surface area contributed by atoms with Gasteiger partial charge < -0.3 is 15.1 Å². The van der Waals surface area contributed by atoms with E-state index < -0.39 is 17.4 Å². The van der Waals surface area contributed by atoms with Crippen molar-refractivity contribution in [3.63, 3.8) is 0 Å². The summed E-state index contributed by atoms with van der Waals surface area (Å²) in [6.45, 7) is 4.83. The highest BCUT2D eigenvalue weighted by Gasteiger charge is 2.44. The Hall–Kier alpha value is -1.10. The molecule has 2 N–H and O–H groups in total. The highest BCUT2D eigenvalue weighted by Crippen LogP contribution is 2.29. The first-order chi connectivity index (χ1) is 9.03. The van der Waals surface area contributed by atoms with Crippen molar-refractivity contribution in [1.82, 2.24) is 4.90 Å². The topological polar surface area (TPSA) is 77.8 Å². The van der Waals surface area contributed by atoms with Crippen molar-refractivity contribution in [1.29, 1.82) is 0 Å². The molecule has 110 valence electrons. The molecule has 0 aromatic heterocycles. The highest BCUT2D eigenvalue weighted by atomic mass is 16.4. The van der Waals surface area contributed by atoms with Crippen LogP contribution in [0.25, 0.3) is 0 Å². The molecule has 1 heterocycles. The molecule has 0 bridgehead atoms. The summed E-state index contributed by atoms with van der Waals surface area (Å²) < 4.78 is 0. The summed E-state index contributed by atoms with van der Waals surface area (Å²) in [7, 11) is 0. The number of likely N-dealkylation sites (tertiary alicyclic amines) is 1. The molecule has 0 atom stereocenters. The molecule has 0 unspecified atom stereocenters. The molecule has 0 saturated carbocycles. The molecule has 0 spiro atoms. The van der Waals surface area contributed by atoms with Gasteiger partial charge in [-0.15, -0.1) is 0 Å². The van der Waals surface area contributed by atoms with E-state index in [0.717, 1.165) is 26.1 Å². The number of unbranched alkanes of at least 4 members (excludes halogenated alkanes) is 1. The van der Waals surface area contributed by atoms with E-state index in [-0.39, 0.29) is 12.8 Å². The second kappa shape index (κ2) is 7.48. The van der Waals surface area contributed by atoms with Crippen LogP contribution in [0.1, 0.15) is 51.9 Å². The van der Waals surface area contributed by atoms with Crippen LogP contribution in [0.5, 0.6) is 0 Å². The predicted molar refractivity (Wildman–Crippen MR) is 72.1 cm³/mol. The Kier molecular flexibility index (Phi) is 6.28. The van der Waals surface area contributed by atoms with Gasteiger partial charge in [-0.05, 0) is 51.7 Å². The zero-order valence-electron chi connectivity index (χ0n) is 11.7. The van der Waals surface area contributed by atoms with Gasteiger partial charge in [-0.1, -0.05) is 19.8 Å². The largest absolute Gasteiger partial charge is 0.480 e. The third-order valence-corrected chi connectivity index (χ3v) is 4.20. The molecule has 1 rings (SSSR count). The van der Waals surface area contributed by atoms with E-state index in [0.29, 0.717) is 6.42 Å². The van der Waals surface area contributed by atoms with E-state index >= 15 is 0 Å². The number of hydrogen-bond donors (Lipinski definition) is 2. The fraction of sp³-hybridized carbons (Fsp3) is 0.857. The van der Waals surface area contributed by atoms with E-state index in [2.05, 4.69) is 4.90 Å². The Balaban J connectivity index is 2.36. The number of nitrogens with zero attached hydrogens (tertiary/aromatic N) is 1. The molecule has 0 aliphatic carbocycles. The third kappa shape index (κ3) is 4.20. The van der Waals surface area contributed by atoms with Crippen LogP contribution in [0.2, 0.25) is 0 Å². The monoisotopic (exact) mass is 271 g/mol. The first kappa shape index (κ1) is 16.0. The van der Waals surface area contributed by atoms with Crippen LogP contribution in [0.3, 0.4) is 0 Å². The second-order valence-electron chi connectivity index (χ2n) is 5.41. The van der Waals surface area contributed by atoms with E-state index in [4.69, 9.17) is 10.2 Å². The zero-order valence-corrected chi connectivity index (χ0v) is 11.7. The molecular formula is C14H25NO4. The molecule has 1 fully saturated rings. The minimum Gasteiger partial charge on any atom is -0.480 e. The third-order valence-electron chi connectivity index (χ3n) is 4.20. The number of carboxylic acids is 2. The molecular weight excluding hydrogens is 246 g/mol. The molecule has 0 aromatic rings. The Bertz CT molecular complexity index is 297. The summed E-state index contributed by atoms with van der Waals surface area (Å²) in [6.07, 6.45) is 5.68. The molecule has 0 amide bonds. The van der Waals surface area contributed by atoms with Gasteiger partial charge in [-0.2, -0.15) is 0 Å². The number of rotatable bonds is 8. The summed E-state index contributed by atoms with van der Waals surface area (Å²) in [5.74, 6) is -2.42. The summed E-state index contributed by atoms with van der Waals surface area (Å²) in [6, 6.07) is 0. The Morgan fingerprint density at radius 1 is 1.05 bits per heavy atom. The van der Waals surface area contributed by atoms with Crippen LogP contribution < -0.4 is 0 Å². The minimum atomic E-state index is -1.60. The normalized spacial score (nSPS) is 17.3. The lowest BCUT2D eigenvalue weighted by molar-refractivity contribution is -0.165. The van der Waals surface area contributed by atoms with E-state index in [1.165, 1.54) is 19.3 Å². The van der Waals surface area contributed by atoms with E-state index in [1.807, 2.05) is 0 Å². The van der Waals surface area contributed by atoms with Gasteiger partial charge in [0.1, 0.15) is 0 Å². The quantitative estimate of drug-likeness (QED) is 0.523. The molecule has 5 heteroatoms. The van der Waals surface area contributed by atoms with Crippen molar-refractivity contribution in [3.05, 3.63) is 0 Å². The highest BCUT2D eigenvalue weighted by molar-refractivity contribution is 5.98. The van der Waals surface area contributed by atoms with Crippen LogP contribution in [-0.4, -0.2) is 46.7 Å². The second-order valence-corrected chi connectivity index (χ2v) is 5.41. The van der Waals surface area contributed by atoms with Gasteiger partial charge in [-0.25, -0.2) is 0 Å². The van der Waals surface area contributed by atoms with E-state index in [9.17, 15) is 9.59 Å². The van der Waals surface area contributed by atoms with Crippen LogP contribution >= 0.6 is 0 Å². The molecule has 19 heavy (non-hydrogen) atoms. The van der Waals surface area contributed by atoms with Gasteiger partial charge in [0.25, 0.3) is 0 Å². The van der Waals surface area contributed by atoms with Crippen LogP contribution in [0.15, 0.2) is 0 Å². The lowest BCUT2D eigenvalue weighted by atomic mass is 9.80. The molecule has 5 nitrogen and oxygen atoms in total.